The molecule has 27 heavy (non-hydrogen) atoms. The molecule has 2 aromatic carbocycles. The van der Waals surface area contributed by atoms with Crippen molar-refractivity contribution in [3.05, 3.63) is 58.7 Å². The fourth-order valence-corrected chi connectivity index (χ4v) is 3.52. The summed E-state index contributed by atoms with van der Waals surface area (Å²) in [6.45, 7) is 3.52. The van der Waals surface area contributed by atoms with Crippen LogP contribution in [0.15, 0.2) is 30.3 Å². The minimum Gasteiger partial charge on any atom is -1.00 e. The molecule has 2 aromatic rings. The van der Waals surface area contributed by atoms with Crippen LogP contribution >= 0.6 is 0 Å². The van der Waals surface area contributed by atoms with Crippen molar-refractivity contribution in [3.63, 3.8) is 0 Å². The monoisotopic (exact) mass is 395 g/mol. The first-order chi connectivity index (χ1) is 12.6. The Bertz CT molecular complexity index is 852. The fourth-order valence-electron chi connectivity index (χ4n) is 3.52. The van der Waals surface area contributed by atoms with Gasteiger partial charge in [-0.1, -0.05) is 6.92 Å². The molecule has 0 saturated heterocycles. The van der Waals surface area contributed by atoms with Crippen molar-refractivity contribution >= 4 is 5.71 Å². The largest absolute Gasteiger partial charge is 1.00 e. The summed E-state index contributed by atoms with van der Waals surface area (Å²) in [4.78, 5) is 0. The molecule has 0 bridgehead atoms. The first-order valence-electron chi connectivity index (χ1n) is 8.87. The number of halogens is 3. The minimum absolute atomic E-state index is 0. The van der Waals surface area contributed by atoms with E-state index in [2.05, 4.69) is 11.5 Å². The molecule has 0 atom stereocenters. The Morgan fingerprint density at radius 3 is 2.33 bits per heavy atom. The molecule has 3 rings (SSSR count). The molecule has 3 nitrogen and oxygen atoms in total. The van der Waals surface area contributed by atoms with Crippen molar-refractivity contribution in [1.82, 2.24) is 0 Å². The normalized spacial score (nSPS) is 13.1. The zero-order chi connectivity index (χ0) is 18.7. The van der Waals surface area contributed by atoms with Crippen LogP contribution in [-0.2, 0) is 13.0 Å². The van der Waals surface area contributed by atoms with Crippen molar-refractivity contribution in [2.24, 2.45) is 0 Å². The van der Waals surface area contributed by atoms with Gasteiger partial charge >= 0.3 is 0 Å². The highest BCUT2D eigenvalue weighted by Crippen LogP contribution is 2.33. The van der Waals surface area contributed by atoms with E-state index in [-0.39, 0.29) is 12.4 Å². The molecule has 1 aliphatic heterocycles. The number of ether oxygens (including phenoxy) is 2. The molecular formula is C21H24ClF2NO2. The Kier molecular flexibility index (Phi) is 7.19. The van der Waals surface area contributed by atoms with Gasteiger partial charge in [0.2, 0.25) is 0 Å². The number of benzene rings is 2. The van der Waals surface area contributed by atoms with Crippen molar-refractivity contribution in [2.45, 2.75) is 32.7 Å². The summed E-state index contributed by atoms with van der Waals surface area (Å²) in [5.41, 5.74) is 4.35. The smallest absolute Gasteiger partial charge is 0.184 e. The lowest BCUT2D eigenvalue weighted by atomic mass is 9.93. The van der Waals surface area contributed by atoms with Crippen LogP contribution < -0.4 is 21.9 Å². The molecular weight excluding hydrogens is 372 g/mol. The third kappa shape index (κ3) is 4.41. The van der Waals surface area contributed by atoms with Gasteiger partial charge < -0.3 is 21.9 Å². The standard InChI is InChI=1S/C21H24F2NO2.ClH/c1-4-5-19-16-12-21(26-3)20(25-2)11-15(16)8-9-24(19)13-14-6-7-17(22)18(23)10-14;/h6-7,10-12H,4-5,8-9,13H2,1-3H3;1H/q+1;/p-1. The summed E-state index contributed by atoms with van der Waals surface area (Å²) < 4.78 is 39.9. The Balaban J connectivity index is 0.00000261. The molecule has 1 aliphatic rings. The van der Waals surface area contributed by atoms with Crippen molar-refractivity contribution in [3.8, 4) is 11.5 Å². The number of nitrogens with zero attached hydrogens (tertiary/aromatic N) is 1. The van der Waals surface area contributed by atoms with Crippen LogP contribution in [0.4, 0.5) is 8.78 Å². The van der Waals surface area contributed by atoms with Gasteiger partial charge in [-0.15, -0.1) is 0 Å². The van der Waals surface area contributed by atoms with E-state index in [1.54, 1.807) is 20.3 Å². The maximum atomic E-state index is 13.6. The molecule has 0 N–H and O–H groups in total. The quantitative estimate of drug-likeness (QED) is 0.688. The molecule has 0 aliphatic carbocycles. The Morgan fingerprint density at radius 1 is 1.00 bits per heavy atom. The van der Waals surface area contributed by atoms with Crippen molar-refractivity contribution in [2.75, 3.05) is 20.8 Å². The molecule has 0 amide bonds. The number of fused-ring (bicyclic) bond motifs is 1. The third-order valence-corrected chi connectivity index (χ3v) is 4.80. The van der Waals surface area contributed by atoms with E-state index in [0.29, 0.717) is 12.3 Å². The Morgan fingerprint density at radius 2 is 1.70 bits per heavy atom. The van der Waals surface area contributed by atoms with Gasteiger partial charge in [0, 0.05) is 24.0 Å². The third-order valence-electron chi connectivity index (χ3n) is 4.80. The maximum absolute atomic E-state index is 13.6. The van der Waals surface area contributed by atoms with Crippen LogP contribution in [-0.4, -0.2) is 31.1 Å². The average Bonchev–Trinajstić information content (AvgIpc) is 2.65. The van der Waals surface area contributed by atoms with E-state index in [1.165, 1.54) is 23.4 Å². The second-order valence-electron chi connectivity index (χ2n) is 6.48. The lowest BCUT2D eigenvalue weighted by Crippen LogP contribution is -3.00. The lowest BCUT2D eigenvalue weighted by molar-refractivity contribution is -0.545. The molecule has 1 heterocycles. The molecule has 0 spiro atoms. The molecule has 0 unspecified atom stereocenters. The molecule has 6 heteroatoms. The van der Waals surface area contributed by atoms with Gasteiger partial charge in [0.1, 0.15) is 6.54 Å². The summed E-state index contributed by atoms with van der Waals surface area (Å²) in [7, 11) is 3.27. The van der Waals surface area contributed by atoms with Crippen LogP contribution in [0.2, 0.25) is 0 Å². The average molecular weight is 396 g/mol. The van der Waals surface area contributed by atoms with E-state index >= 15 is 0 Å². The summed E-state index contributed by atoms with van der Waals surface area (Å²) in [6.07, 6.45) is 2.77. The highest BCUT2D eigenvalue weighted by molar-refractivity contribution is 5.99. The number of methoxy groups -OCH3 is 2. The summed E-state index contributed by atoms with van der Waals surface area (Å²) in [6, 6.07) is 8.18. The molecule has 0 fully saturated rings. The van der Waals surface area contributed by atoms with Gasteiger partial charge in [0.15, 0.2) is 35.4 Å². The van der Waals surface area contributed by atoms with Crippen molar-refractivity contribution < 1.29 is 35.2 Å². The van der Waals surface area contributed by atoms with Gasteiger partial charge in [-0.2, -0.15) is 0 Å². The van der Waals surface area contributed by atoms with Crippen LogP contribution in [0.3, 0.4) is 0 Å². The molecule has 0 saturated carbocycles. The Hall–Kier alpha value is -2.14. The SMILES string of the molecule is CCCC1=[N+](Cc2ccc(F)c(F)c2)CCc2cc(OC)c(OC)cc21.[Cl-]. The van der Waals surface area contributed by atoms with Gasteiger partial charge in [-0.3, -0.25) is 0 Å². The summed E-state index contributed by atoms with van der Waals surface area (Å²) in [5.74, 6) is -0.179. The first-order valence-corrected chi connectivity index (χ1v) is 8.87. The minimum atomic E-state index is -0.813. The molecule has 146 valence electrons. The second kappa shape index (κ2) is 9.18. The van der Waals surface area contributed by atoms with Crippen LogP contribution in [0.5, 0.6) is 11.5 Å². The van der Waals surface area contributed by atoms with Gasteiger partial charge in [0.25, 0.3) is 0 Å². The van der Waals surface area contributed by atoms with Crippen molar-refractivity contribution in [1.29, 1.82) is 0 Å². The van der Waals surface area contributed by atoms with E-state index in [1.807, 2.05) is 12.1 Å². The molecule has 0 radical (unpaired) electrons. The first kappa shape index (κ1) is 21.2. The topological polar surface area (TPSA) is 21.5 Å². The Labute approximate surface area is 165 Å². The fraction of sp³-hybridized carbons (Fsp3) is 0.381. The van der Waals surface area contributed by atoms with Gasteiger partial charge in [-0.25, -0.2) is 13.4 Å². The van der Waals surface area contributed by atoms with Crippen LogP contribution in [0, 0.1) is 11.6 Å². The zero-order valence-electron chi connectivity index (χ0n) is 15.8. The van der Waals surface area contributed by atoms with E-state index in [0.717, 1.165) is 42.7 Å². The van der Waals surface area contributed by atoms with E-state index in [4.69, 9.17) is 9.47 Å². The summed E-state index contributed by atoms with van der Waals surface area (Å²) >= 11 is 0. The second-order valence-corrected chi connectivity index (χ2v) is 6.48. The lowest BCUT2D eigenvalue weighted by Gasteiger charge is -2.21. The van der Waals surface area contributed by atoms with Crippen LogP contribution in [0.1, 0.15) is 36.5 Å². The maximum Gasteiger partial charge on any atom is 0.184 e. The predicted molar refractivity (Wildman–Crippen MR) is 97.5 cm³/mol. The number of hydrogen-bond acceptors (Lipinski definition) is 2. The zero-order valence-corrected chi connectivity index (χ0v) is 16.6. The highest BCUT2D eigenvalue weighted by Gasteiger charge is 2.27. The van der Waals surface area contributed by atoms with Gasteiger partial charge in [-0.05, 0) is 42.3 Å². The van der Waals surface area contributed by atoms with E-state index < -0.39 is 11.6 Å². The number of hydrogen-bond donors (Lipinski definition) is 0. The van der Waals surface area contributed by atoms with Gasteiger partial charge in [0.05, 0.1) is 14.2 Å². The number of rotatable bonds is 6. The summed E-state index contributed by atoms with van der Waals surface area (Å²) in [5, 5.41) is 0. The van der Waals surface area contributed by atoms with Crippen LogP contribution in [0.25, 0.3) is 0 Å². The highest BCUT2D eigenvalue weighted by atomic mass is 35.5. The predicted octanol–water partition coefficient (Wildman–Crippen LogP) is 1.34. The molecule has 0 aromatic heterocycles. The van der Waals surface area contributed by atoms with E-state index in [9.17, 15) is 8.78 Å².